The highest BCUT2D eigenvalue weighted by Gasteiger charge is 2.17. The van der Waals surface area contributed by atoms with Crippen molar-refractivity contribution >= 4 is 37.4 Å². The van der Waals surface area contributed by atoms with Crippen LogP contribution in [0, 0.1) is 0 Å². The molecule has 16 heavy (non-hydrogen) atoms. The molecule has 0 atom stereocenters. The Morgan fingerprint density at radius 2 is 2.06 bits per heavy atom. The van der Waals surface area contributed by atoms with Crippen molar-refractivity contribution in [2.45, 2.75) is 0 Å². The van der Waals surface area contributed by atoms with Crippen LogP contribution in [0.4, 0.5) is 0 Å². The standard InChI is InChI=1S/C8H7Cl2NO4S/c1-15-7-3-2-5(9)4-6(7)8(12)11-16(10,13)14/h2-4H,1H3,(H,11,12). The van der Waals surface area contributed by atoms with Gasteiger partial charge in [0, 0.05) is 15.7 Å². The summed E-state index contributed by atoms with van der Waals surface area (Å²) in [5.41, 5.74) is -0.0146. The SMILES string of the molecule is COc1ccc(Cl)cc1C(=O)NS(=O)(=O)Cl. The Balaban J connectivity index is 3.12. The van der Waals surface area contributed by atoms with E-state index in [1.54, 1.807) is 4.72 Å². The zero-order chi connectivity index (χ0) is 12.3. The Morgan fingerprint density at radius 1 is 1.44 bits per heavy atom. The molecule has 1 amide bonds. The van der Waals surface area contributed by atoms with Crippen LogP contribution < -0.4 is 9.46 Å². The Morgan fingerprint density at radius 3 is 2.56 bits per heavy atom. The summed E-state index contributed by atoms with van der Waals surface area (Å²) in [4.78, 5) is 11.5. The first-order chi connectivity index (χ1) is 7.33. The zero-order valence-electron chi connectivity index (χ0n) is 8.03. The Kier molecular flexibility index (Phi) is 4.01. The Hall–Kier alpha value is -0.980. The minimum Gasteiger partial charge on any atom is -0.496 e. The van der Waals surface area contributed by atoms with Gasteiger partial charge in [-0.05, 0) is 18.2 Å². The minimum absolute atomic E-state index is 0.0146. The fourth-order valence-corrected chi connectivity index (χ4v) is 1.74. The molecule has 0 aliphatic rings. The second-order valence-corrected chi connectivity index (χ2v) is 5.45. The first-order valence-corrected chi connectivity index (χ1v) is 6.62. The van der Waals surface area contributed by atoms with E-state index in [1.165, 1.54) is 25.3 Å². The average Bonchev–Trinajstić information content (AvgIpc) is 2.15. The van der Waals surface area contributed by atoms with Gasteiger partial charge in [0.25, 0.3) is 5.91 Å². The third-order valence-electron chi connectivity index (χ3n) is 1.62. The molecule has 0 aliphatic heterocycles. The summed E-state index contributed by atoms with van der Waals surface area (Å²) >= 11 is 5.67. The van der Waals surface area contributed by atoms with E-state index in [9.17, 15) is 13.2 Å². The van der Waals surface area contributed by atoms with Crippen LogP contribution in [0.2, 0.25) is 5.02 Å². The maximum Gasteiger partial charge on any atom is 0.321 e. The lowest BCUT2D eigenvalue weighted by molar-refractivity contribution is 0.0979. The lowest BCUT2D eigenvalue weighted by Gasteiger charge is -2.07. The van der Waals surface area contributed by atoms with Crippen LogP contribution in [0.1, 0.15) is 10.4 Å². The highest BCUT2D eigenvalue weighted by Crippen LogP contribution is 2.22. The molecule has 0 unspecified atom stereocenters. The third kappa shape index (κ3) is 3.55. The molecular weight excluding hydrogens is 277 g/mol. The number of methoxy groups -OCH3 is 1. The number of hydrogen-bond acceptors (Lipinski definition) is 4. The van der Waals surface area contributed by atoms with E-state index < -0.39 is 15.1 Å². The summed E-state index contributed by atoms with van der Waals surface area (Å²) in [5, 5.41) is 0.276. The van der Waals surface area contributed by atoms with Gasteiger partial charge in [-0.15, -0.1) is 0 Å². The number of hydrogen-bond donors (Lipinski definition) is 1. The van der Waals surface area contributed by atoms with E-state index in [1.807, 2.05) is 0 Å². The predicted molar refractivity (Wildman–Crippen MR) is 60.2 cm³/mol. The first kappa shape index (κ1) is 13.1. The van der Waals surface area contributed by atoms with Gasteiger partial charge in [0.1, 0.15) is 5.75 Å². The lowest BCUT2D eigenvalue weighted by atomic mass is 10.2. The lowest BCUT2D eigenvalue weighted by Crippen LogP contribution is -2.26. The van der Waals surface area contributed by atoms with Gasteiger partial charge < -0.3 is 4.74 Å². The van der Waals surface area contributed by atoms with E-state index in [2.05, 4.69) is 0 Å². The molecule has 0 spiro atoms. The van der Waals surface area contributed by atoms with Crippen LogP contribution in [-0.2, 0) is 9.24 Å². The molecule has 0 fully saturated rings. The molecule has 0 aliphatic carbocycles. The van der Waals surface area contributed by atoms with Crippen molar-refractivity contribution in [2.24, 2.45) is 0 Å². The van der Waals surface area contributed by atoms with E-state index >= 15 is 0 Å². The summed E-state index contributed by atoms with van der Waals surface area (Å²) in [7, 11) is 2.09. The molecule has 0 saturated heterocycles. The third-order valence-corrected chi connectivity index (χ3v) is 2.52. The van der Waals surface area contributed by atoms with Gasteiger partial charge in [-0.1, -0.05) is 11.6 Å². The Bertz CT molecular complexity index is 515. The van der Waals surface area contributed by atoms with E-state index in [-0.39, 0.29) is 16.3 Å². The number of halogens is 2. The number of ether oxygens (including phenoxy) is 1. The summed E-state index contributed by atoms with van der Waals surface area (Å²) in [6.45, 7) is 0. The van der Waals surface area contributed by atoms with Gasteiger partial charge in [0.2, 0.25) is 0 Å². The van der Waals surface area contributed by atoms with Gasteiger partial charge in [-0.2, -0.15) is 8.42 Å². The van der Waals surface area contributed by atoms with Gasteiger partial charge in [-0.25, -0.2) is 4.72 Å². The zero-order valence-corrected chi connectivity index (χ0v) is 10.4. The summed E-state index contributed by atoms with van der Waals surface area (Å²) in [6, 6.07) is 4.22. The van der Waals surface area contributed by atoms with Crippen LogP contribution in [0.3, 0.4) is 0 Å². The summed E-state index contributed by atoms with van der Waals surface area (Å²) < 4.78 is 27.8. The fourth-order valence-electron chi connectivity index (χ4n) is 1.02. The summed E-state index contributed by atoms with van der Waals surface area (Å²) in [6.07, 6.45) is 0. The van der Waals surface area contributed by atoms with Crippen molar-refractivity contribution in [2.75, 3.05) is 7.11 Å². The van der Waals surface area contributed by atoms with Gasteiger partial charge >= 0.3 is 9.24 Å². The molecule has 0 saturated carbocycles. The summed E-state index contributed by atoms with van der Waals surface area (Å²) in [5.74, 6) is -0.712. The highest BCUT2D eigenvalue weighted by atomic mass is 35.7. The van der Waals surface area contributed by atoms with Gasteiger partial charge in [-0.3, -0.25) is 4.79 Å². The van der Waals surface area contributed by atoms with Crippen LogP contribution in [0.25, 0.3) is 0 Å². The molecule has 1 N–H and O–H groups in total. The average molecular weight is 284 g/mol. The van der Waals surface area contributed by atoms with E-state index in [0.29, 0.717) is 0 Å². The molecule has 0 heterocycles. The topological polar surface area (TPSA) is 72.5 Å². The number of amides is 1. The number of rotatable bonds is 3. The molecule has 88 valence electrons. The quantitative estimate of drug-likeness (QED) is 0.855. The van der Waals surface area contributed by atoms with Crippen molar-refractivity contribution in [1.29, 1.82) is 0 Å². The van der Waals surface area contributed by atoms with Gasteiger partial charge in [0.15, 0.2) is 0 Å². The van der Waals surface area contributed by atoms with Crippen molar-refractivity contribution in [3.8, 4) is 5.75 Å². The fraction of sp³-hybridized carbons (Fsp3) is 0.125. The van der Waals surface area contributed by atoms with E-state index in [0.717, 1.165) is 0 Å². The van der Waals surface area contributed by atoms with Crippen LogP contribution in [0.15, 0.2) is 18.2 Å². The number of nitrogens with one attached hydrogen (secondary N) is 1. The van der Waals surface area contributed by atoms with Crippen molar-refractivity contribution in [3.63, 3.8) is 0 Å². The minimum atomic E-state index is -4.14. The van der Waals surface area contributed by atoms with Gasteiger partial charge in [0.05, 0.1) is 12.7 Å². The molecule has 0 aromatic heterocycles. The molecule has 1 aromatic rings. The molecule has 1 aromatic carbocycles. The largest absolute Gasteiger partial charge is 0.496 e. The monoisotopic (exact) mass is 283 g/mol. The van der Waals surface area contributed by atoms with Crippen LogP contribution in [-0.4, -0.2) is 21.4 Å². The Labute approximate surface area is 102 Å². The molecular formula is C8H7Cl2NO4S. The molecule has 0 radical (unpaired) electrons. The second kappa shape index (κ2) is 4.90. The maximum absolute atomic E-state index is 11.5. The molecule has 8 heteroatoms. The maximum atomic E-state index is 11.5. The smallest absolute Gasteiger partial charge is 0.321 e. The highest BCUT2D eigenvalue weighted by molar-refractivity contribution is 8.12. The van der Waals surface area contributed by atoms with Crippen LogP contribution >= 0.6 is 22.3 Å². The number of carbonyl (C=O) groups excluding carboxylic acids is 1. The molecule has 5 nitrogen and oxygen atoms in total. The number of carbonyl (C=O) groups is 1. The van der Waals surface area contributed by atoms with Crippen molar-refractivity contribution < 1.29 is 17.9 Å². The van der Waals surface area contributed by atoms with E-state index in [4.69, 9.17) is 27.0 Å². The molecule has 0 bridgehead atoms. The van der Waals surface area contributed by atoms with Crippen LogP contribution in [0.5, 0.6) is 5.75 Å². The van der Waals surface area contributed by atoms with Crippen molar-refractivity contribution in [1.82, 2.24) is 4.72 Å². The second-order valence-electron chi connectivity index (χ2n) is 2.71. The normalized spacial score (nSPS) is 10.9. The predicted octanol–water partition coefficient (Wildman–Crippen LogP) is 1.56. The number of benzene rings is 1. The first-order valence-electron chi connectivity index (χ1n) is 3.94. The molecule has 1 rings (SSSR count). The van der Waals surface area contributed by atoms with Crippen molar-refractivity contribution in [3.05, 3.63) is 28.8 Å².